The Bertz CT molecular complexity index is 1880. The van der Waals surface area contributed by atoms with Gasteiger partial charge in [0, 0.05) is 11.8 Å². The van der Waals surface area contributed by atoms with Gasteiger partial charge in [0.25, 0.3) is 0 Å². The molecule has 0 aromatic heterocycles. The summed E-state index contributed by atoms with van der Waals surface area (Å²) < 4.78 is 29.8. The van der Waals surface area contributed by atoms with Gasteiger partial charge in [0.05, 0.1) is 24.3 Å². The van der Waals surface area contributed by atoms with E-state index in [-0.39, 0.29) is 19.2 Å². The highest BCUT2D eigenvalue weighted by molar-refractivity contribution is 5.90. The van der Waals surface area contributed by atoms with E-state index in [2.05, 4.69) is 31.2 Å². The van der Waals surface area contributed by atoms with Crippen molar-refractivity contribution in [2.24, 2.45) is 58.7 Å². The molecule has 7 saturated carbocycles. The predicted molar refractivity (Wildman–Crippen MR) is 186 cm³/mol. The molecule has 7 aliphatic carbocycles. The maximum Gasteiger partial charge on any atom is 0.338 e. The first-order valence-corrected chi connectivity index (χ1v) is 19.6. The molecule has 10 atom stereocenters. The van der Waals surface area contributed by atoms with E-state index in [0.29, 0.717) is 23.1 Å². The highest BCUT2D eigenvalue weighted by Crippen LogP contribution is 3.05. The Morgan fingerprint density at radius 1 is 0.667 bits per heavy atom. The van der Waals surface area contributed by atoms with Crippen LogP contribution < -0.4 is 4.74 Å². The summed E-state index contributed by atoms with van der Waals surface area (Å²) in [5, 5.41) is 0. The van der Waals surface area contributed by atoms with E-state index in [0.717, 1.165) is 63.7 Å². The molecule has 51 heavy (non-hydrogen) atoms. The molecule has 3 aromatic rings. The number of esters is 2. The van der Waals surface area contributed by atoms with Gasteiger partial charge in [-0.25, -0.2) is 9.59 Å². The van der Waals surface area contributed by atoms with Crippen molar-refractivity contribution in [3.8, 4) is 16.9 Å². The summed E-state index contributed by atoms with van der Waals surface area (Å²) in [6.07, 6.45) is 5.18. The molecule has 0 bridgehead atoms. The number of carbonyl (C=O) groups excluding carboxylic acids is 2. The zero-order chi connectivity index (χ0) is 33.7. The number of rotatable bonds is 9. The van der Waals surface area contributed by atoms with Crippen LogP contribution in [0.15, 0.2) is 72.8 Å². The predicted octanol–water partition coefficient (Wildman–Crippen LogP) is 7.33. The number of carbonyl (C=O) groups is 2. The first kappa shape index (κ1) is 29.9. The van der Waals surface area contributed by atoms with Crippen LogP contribution in [0.1, 0.15) is 71.2 Å². The van der Waals surface area contributed by atoms with Gasteiger partial charge in [-0.15, -0.1) is 0 Å². The smallest absolute Gasteiger partial charge is 0.338 e. The molecule has 7 nitrogen and oxygen atoms in total. The van der Waals surface area contributed by atoms with E-state index in [1.165, 1.54) is 43.1 Å². The van der Waals surface area contributed by atoms with Gasteiger partial charge in [0.15, 0.2) is 12.2 Å². The van der Waals surface area contributed by atoms with Gasteiger partial charge < -0.3 is 23.7 Å². The van der Waals surface area contributed by atoms with Crippen LogP contribution in [0.4, 0.5) is 0 Å². The fourth-order valence-electron chi connectivity index (χ4n) is 11.9. The van der Waals surface area contributed by atoms with Crippen molar-refractivity contribution in [1.82, 2.24) is 0 Å². The first-order chi connectivity index (χ1) is 25.0. The molecule has 9 fully saturated rings. The van der Waals surface area contributed by atoms with Gasteiger partial charge in [-0.2, -0.15) is 0 Å². The summed E-state index contributed by atoms with van der Waals surface area (Å²) in [4.78, 5) is 26.3. The lowest BCUT2D eigenvalue weighted by atomic mass is 9.73. The minimum absolute atomic E-state index is 0.198. The van der Waals surface area contributed by atoms with Crippen molar-refractivity contribution < 1.29 is 33.3 Å². The summed E-state index contributed by atoms with van der Waals surface area (Å²) in [7, 11) is 0. The summed E-state index contributed by atoms with van der Waals surface area (Å²) in [5.41, 5.74) is 5.35. The molecule has 1 spiro atoms. The van der Waals surface area contributed by atoms with Gasteiger partial charge in [-0.1, -0.05) is 43.3 Å². The molecule has 3 aromatic carbocycles. The summed E-state index contributed by atoms with van der Waals surface area (Å²) in [6, 6.07) is 23.6. The second-order valence-electron chi connectivity index (χ2n) is 17.5. The largest absolute Gasteiger partial charge is 0.490 e. The van der Waals surface area contributed by atoms with Crippen molar-refractivity contribution in [1.29, 1.82) is 0 Å². The minimum Gasteiger partial charge on any atom is -0.490 e. The molecule has 7 unspecified atom stereocenters. The van der Waals surface area contributed by atoms with Crippen LogP contribution >= 0.6 is 0 Å². The fourth-order valence-corrected chi connectivity index (χ4v) is 11.9. The quantitative estimate of drug-likeness (QED) is 0.219. The first-order valence-electron chi connectivity index (χ1n) is 19.6. The second kappa shape index (κ2) is 10.5. The molecule has 262 valence electrons. The monoisotopic (exact) mass is 684 g/mol. The molecule has 0 amide bonds. The lowest BCUT2D eigenvalue weighted by molar-refractivity contribution is -0.0287. The van der Waals surface area contributed by atoms with Crippen LogP contribution in [-0.2, 0) is 18.9 Å². The van der Waals surface area contributed by atoms with Crippen LogP contribution in [0, 0.1) is 58.7 Å². The Morgan fingerprint density at radius 3 is 1.71 bits per heavy atom. The molecule has 12 rings (SSSR count). The van der Waals surface area contributed by atoms with E-state index in [9.17, 15) is 9.59 Å². The average Bonchev–Trinajstić information content (AvgIpc) is 3.89. The second-order valence-corrected chi connectivity index (χ2v) is 17.5. The fraction of sp³-hybridized carbons (Fsp3) is 0.545. The van der Waals surface area contributed by atoms with Gasteiger partial charge in [-0.3, -0.25) is 0 Å². The van der Waals surface area contributed by atoms with Crippen LogP contribution in [0.2, 0.25) is 0 Å². The SMILES string of the molecule is CC1C2C(Oc3ccc(-c4ccc(C(=O)OC5CO[C@H]6[C@@H](OC(=O)c7ccc(C8CCC(C9C%10C9C%109C%10CC%109)CC8)cc7)CO[C@@H]56)cc4)cc3)C12. The Morgan fingerprint density at radius 2 is 1.20 bits per heavy atom. The zero-order valence-corrected chi connectivity index (χ0v) is 28.9. The Kier molecular flexibility index (Phi) is 6.13. The minimum atomic E-state index is -0.570. The van der Waals surface area contributed by atoms with Crippen LogP contribution in [0.25, 0.3) is 11.1 Å². The van der Waals surface area contributed by atoms with E-state index >= 15 is 0 Å². The number of ether oxygens (including phenoxy) is 5. The van der Waals surface area contributed by atoms with E-state index in [1.54, 1.807) is 18.6 Å². The standard InChI is InChI=1S/C44H44O7/c1-21-34-35(21)41(34)49-29-16-14-25(15-17-29)24-6-12-28(13-7-24)43(46)51-33-20-48-39-32(19-47-40(33)39)50-42(45)27-10-4-23(5-11-27)22-2-8-26(9-3-22)36-37-38(36)44(37)30-18-31(30)44/h4-7,10-17,21-22,26,30-41H,2-3,8-9,18-20H2,1H3/t21?,22?,26?,30?,31?,32-,33?,34?,35?,36?,37?,38?,39-,40-,41?,44?/m0/s1. The molecule has 7 heteroatoms. The normalized spacial score (nSPS) is 45.1. The summed E-state index contributed by atoms with van der Waals surface area (Å²) >= 11 is 0. The van der Waals surface area contributed by atoms with Crippen molar-refractivity contribution in [2.75, 3.05) is 13.2 Å². The maximum absolute atomic E-state index is 13.2. The van der Waals surface area contributed by atoms with Gasteiger partial charge in [-0.05, 0) is 138 Å². The summed E-state index contributed by atoms with van der Waals surface area (Å²) in [6.45, 7) is 2.70. The van der Waals surface area contributed by atoms with Crippen molar-refractivity contribution >= 4 is 11.9 Å². The van der Waals surface area contributed by atoms with E-state index in [4.69, 9.17) is 23.7 Å². The highest BCUT2D eigenvalue weighted by atomic mass is 16.7. The lowest BCUT2D eigenvalue weighted by Gasteiger charge is -2.32. The molecule has 0 radical (unpaired) electrons. The van der Waals surface area contributed by atoms with Crippen LogP contribution in [0.3, 0.4) is 0 Å². The van der Waals surface area contributed by atoms with Crippen LogP contribution in [-0.4, -0.2) is 55.7 Å². The molecular formula is C44H44O7. The van der Waals surface area contributed by atoms with Gasteiger partial charge >= 0.3 is 11.9 Å². The van der Waals surface area contributed by atoms with Gasteiger partial charge in [0.1, 0.15) is 24.1 Å². The van der Waals surface area contributed by atoms with E-state index in [1.807, 2.05) is 36.4 Å². The maximum atomic E-state index is 13.2. The van der Waals surface area contributed by atoms with E-state index < -0.39 is 30.4 Å². The number of fused-ring (bicyclic) bond motifs is 8. The number of hydrogen-bond acceptors (Lipinski definition) is 7. The Labute approximate surface area is 298 Å². The molecule has 2 saturated heterocycles. The number of hydrogen-bond donors (Lipinski definition) is 0. The Balaban J connectivity index is 0.614. The molecular weight excluding hydrogens is 640 g/mol. The highest BCUT2D eigenvalue weighted by Gasteiger charge is 3.01. The molecule has 2 heterocycles. The lowest BCUT2D eigenvalue weighted by Crippen LogP contribution is -2.36. The van der Waals surface area contributed by atoms with Crippen molar-refractivity contribution in [3.05, 3.63) is 89.5 Å². The number of benzene rings is 3. The zero-order valence-electron chi connectivity index (χ0n) is 28.9. The third-order valence-corrected chi connectivity index (χ3v) is 15.2. The summed E-state index contributed by atoms with van der Waals surface area (Å²) in [5.74, 6) is 9.75. The molecule has 0 N–H and O–H groups in total. The topological polar surface area (TPSA) is 80.3 Å². The Hall–Kier alpha value is -3.68. The van der Waals surface area contributed by atoms with Crippen LogP contribution in [0.5, 0.6) is 5.75 Å². The third-order valence-electron chi connectivity index (χ3n) is 15.2. The molecule has 2 aliphatic heterocycles. The third kappa shape index (κ3) is 4.49. The molecule has 9 aliphatic rings. The van der Waals surface area contributed by atoms with Crippen molar-refractivity contribution in [2.45, 2.75) is 75.5 Å². The van der Waals surface area contributed by atoms with Crippen molar-refractivity contribution in [3.63, 3.8) is 0 Å². The van der Waals surface area contributed by atoms with Gasteiger partial charge in [0.2, 0.25) is 0 Å². The average molecular weight is 685 g/mol.